The molecule has 102 valence electrons. The Morgan fingerprint density at radius 3 is 2.79 bits per heavy atom. The Bertz CT molecular complexity index is 617. The maximum absolute atomic E-state index is 12.0. The van der Waals surface area contributed by atoms with Crippen LogP contribution in [0.3, 0.4) is 0 Å². The maximum Gasteiger partial charge on any atom is 0.325 e. The third-order valence-corrected chi connectivity index (χ3v) is 3.09. The number of aromatic nitrogens is 2. The highest BCUT2D eigenvalue weighted by atomic mass is 16.4. The van der Waals surface area contributed by atoms with E-state index in [0.29, 0.717) is 19.5 Å². The van der Waals surface area contributed by atoms with Gasteiger partial charge >= 0.3 is 11.7 Å². The Morgan fingerprint density at radius 2 is 2.16 bits per heavy atom. The van der Waals surface area contributed by atoms with Crippen molar-refractivity contribution in [3.8, 4) is 0 Å². The normalized spacial score (nSPS) is 18.5. The molecular formula is C11H13N3O5. The Balaban J connectivity index is 2.11. The number of carboxylic acids is 1. The molecule has 1 unspecified atom stereocenters. The van der Waals surface area contributed by atoms with Gasteiger partial charge in [-0.1, -0.05) is 0 Å². The summed E-state index contributed by atoms with van der Waals surface area (Å²) in [5, 5.41) is 8.69. The van der Waals surface area contributed by atoms with Gasteiger partial charge in [0.05, 0.1) is 0 Å². The van der Waals surface area contributed by atoms with E-state index in [4.69, 9.17) is 5.11 Å². The molecule has 0 spiro atoms. The summed E-state index contributed by atoms with van der Waals surface area (Å²) in [6, 6.07) is 0. The highest BCUT2D eigenvalue weighted by Gasteiger charge is 2.29. The van der Waals surface area contributed by atoms with Gasteiger partial charge in [-0.15, -0.1) is 0 Å². The maximum atomic E-state index is 12.0. The van der Waals surface area contributed by atoms with E-state index < -0.39 is 23.1 Å². The minimum Gasteiger partial charge on any atom is -0.481 e. The van der Waals surface area contributed by atoms with Crippen LogP contribution in [0.1, 0.15) is 23.2 Å². The first-order valence-corrected chi connectivity index (χ1v) is 5.80. The van der Waals surface area contributed by atoms with Crippen LogP contribution in [0.15, 0.2) is 15.8 Å². The zero-order valence-electron chi connectivity index (χ0n) is 10.0. The van der Waals surface area contributed by atoms with E-state index in [-0.39, 0.29) is 17.9 Å². The lowest BCUT2D eigenvalue weighted by Gasteiger charge is -2.15. The largest absolute Gasteiger partial charge is 0.481 e. The average Bonchev–Trinajstić information content (AvgIpc) is 2.75. The van der Waals surface area contributed by atoms with Crippen molar-refractivity contribution in [2.24, 2.45) is 5.92 Å². The van der Waals surface area contributed by atoms with Crippen molar-refractivity contribution in [1.29, 1.82) is 0 Å². The Morgan fingerprint density at radius 1 is 1.42 bits per heavy atom. The number of rotatable bonds is 3. The number of carbonyl (C=O) groups is 2. The summed E-state index contributed by atoms with van der Waals surface area (Å²) in [6.45, 7) is 0.721. The number of likely N-dealkylation sites (tertiary alicyclic amines) is 1. The lowest BCUT2D eigenvalue weighted by molar-refractivity contribution is -0.138. The number of hydrogen-bond donors (Lipinski definition) is 3. The van der Waals surface area contributed by atoms with Crippen LogP contribution in [-0.4, -0.2) is 44.9 Å². The summed E-state index contributed by atoms with van der Waals surface area (Å²) in [5.74, 6) is -1.49. The Labute approximate surface area is 107 Å². The fraction of sp³-hybridized carbons (Fsp3) is 0.455. The van der Waals surface area contributed by atoms with E-state index in [1.165, 1.54) is 4.90 Å². The van der Waals surface area contributed by atoms with Crippen LogP contribution in [0.5, 0.6) is 0 Å². The van der Waals surface area contributed by atoms with Crippen LogP contribution in [0.4, 0.5) is 0 Å². The second-order valence-corrected chi connectivity index (χ2v) is 4.49. The van der Waals surface area contributed by atoms with Gasteiger partial charge in [-0.2, -0.15) is 0 Å². The van der Waals surface area contributed by atoms with Gasteiger partial charge in [0.1, 0.15) is 5.56 Å². The summed E-state index contributed by atoms with van der Waals surface area (Å²) in [5.41, 5.74) is -1.56. The van der Waals surface area contributed by atoms with Crippen molar-refractivity contribution < 1.29 is 14.7 Å². The smallest absolute Gasteiger partial charge is 0.325 e. The number of hydrogen-bond acceptors (Lipinski definition) is 4. The Hall–Kier alpha value is -2.38. The lowest BCUT2D eigenvalue weighted by Crippen LogP contribution is -2.35. The lowest BCUT2D eigenvalue weighted by atomic mass is 10.1. The van der Waals surface area contributed by atoms with Crippen molar-refractivity contribution in [2.45, 2.75) is 12.8 Å². The van der Waals surface area contributed by atoms with Gasteiger partial charge in [0, 0.05) is 25.7 Å². The van der Waals surface area contributed by atoms with E-state index in [1.807, 2.05) is 4.98 Å². The van der Waals surface area contributed by atoms with Crippen LogP contribution >= 0.6 is 0 Å². The predicted octanol–water partition coefficient (Wildman–Crippen LogP) is -1.000. The van der Waals surface area contributed by atoms with Crippen LogP contribution in [0.2, 0.25) is 0 Å². The molecule has 0 aliphatic carbocycles. The average molecular weight is 267 g/mol. The van der Waals surface area contributed by atoms with Crippen LogP contribution < -0.4 is 11.2 Å². The number of H-pyrrole nitrogens is 2. The van der Waals surface area contributed by atoms with Crippen LogP contribution in [-0.2, 0) is 4.79 Å². The topological polar surface area (TPSA) is 123 Å². The summed E-state index contributed by atoms with van der Waals surface area (Å²) in [7, 11) is 0. The molecule has 0 saturated carbocycles. The Kier molecular flexibility index (Phi) is 3.50. The second kappa shape index (κ2) is 5.09. The zero-order valence-corrected chi connectivity index (χ0v) is 10.0. The summed E-state index contributed by atoms with van der Waals surface area (Å²) < 4.78 is 0. The molecule has 1 atom stereocenters. The number of aliphatic carboxylic acids is 1. The van der Waals surface area contributed by atoms with E-state index in [1.54, 1.807) is 0 Å². The first kappa shape index (κ1) is 13.1. The third kappa shape index (κ3) is 2.90. The first-order chi connectivity index (χ1) is 8.97. The van der Waals surface area contributed by atoms with Gasteiger partial charge in [-0.25, -0.2) is 4.79 Å². The number of carbonyl (C=O) groups excluding carboxylic acids is 1. The van der Waals surface area contributed by atoms with Gasteiger partial charge in [-0.05, 0) is 12.3 Å². The molecule has 19 heavy (non-hydrogen) atoms. The molecule has 0 aromatic carbocycles. The van der Waals surface area contributed by atoms with E-state index in [0.717, 1.165) is 6.20 Å². The number of amides is 1. The third-order valence-electron chi connectivity index (χ3n) is 3.09. The summed E-state index contributed by atoms with van der Waals surface area (Å²) in [4.78, 5) is 50.6. The van der Waals surface area contributed by atoms with Gasteiger partial charge in [0.2, 0.25) is 0 Å². The van der Waals surface area contributed by atoms with Gasteiger partial charge in [0.15, 0.2) is 0 Å². The monoisotopic (exact) mass is 267 g/mol. The van der Waals surface area contributed by atoms with Crippen LogP contribution in [0, 0.1) is 5.92 Å². The SMILES string of the molecule is O=C(O)CC1CCN(C(=O)c2c[nH]c(=O)[nH]c2=O)C1. The van der Waals surface area contributed by atoms with Gasteiger partial charge in [0.25, 0.3) is 11.5 Å². The molecular weight excluding hydrogens is 254 g/mol. The zero-order chi connectivity index (χ0) is 14.0. The number of nitrogens with one attached hydrogen (secondary N) is 2. The molecule has 1 aliphatic heterocycles. The van der Waals surface area contributed by atoms with Gasteiger partial charge < -0.3 is 15.0 Å². The van der Waals surface area contributed by atoms with Crippen molar-refractivity contribution in [1.82, 2.24) is 14.9 Å². The first-order valence-electron chi connectivity index (χ1n) is 5.80. The quantitative estimate of drug-likeness (QED) is 0.648. The molecule has 3 N–H and O–H groups in total. The van der Waals surface area contributed by atoms with Crippen molar-refractivity contribution in [3.05, 3.63) is 32.6 Å². The molecule has 2 rings (SSSR count). The molecule has 8 nitrogen and oxygen atoms in total. The number of nitrogens with zero attached hydrogens (tertiary/aromatic N) is 1. The highest BCUT2D eigenvalue weighted by molar-refractivity contribution is 5.93. The minimum atomic E-state index is -0.902. The molecule has 1 fully saturated rings. The van der Waals surface area contributed by atoms with Crippen molar-refractivity contribution >= 4 is 11.9 Å². The molecule has 1 aliphatic rings. The highest BCUT2D eigenvalue weighted by Crippen LogP contribution is 2.20. The van der Waals surface area contributed by atoms with Crippen LogP contribution in [0.25, 0.3) is 0 Å². The summed E-state index contributed by atoms with van der Waals surface area (Å²) in [6.07, 6.45) is 1.68. The fourth-order valence-electron chi connectivity index (χ4n) is 2.17. The minimum absolute atomic E-state index is 0.00571. The molecule has 1 aromatic rings. The standard InChI is InChI=1S/C11H13N3O5/c15-8(16)3-6-1-2-14(5-6)10(18)7-4-12-11(19)13-9(7)17/h4,6H,1-3,5H2,(H,15,16)(H2,12,13,17,19). The van der Waals surface area contributed by atoms with Crippen molar-refractivity contribution in [3.63, 3.8) is 0 Å². The molecule has 0 radical (unpaired) electrons. The molecule has 2 heterocycles. The van der Waals surface area contributed by atoms with E-state index in [2.05, 4.69) is 4.98 Å². The van der Waals surface area contributed by atoms with Crippen molar-refractivity contribution in [2.75, 3.05) is 13.1 Å². The molecule has 1 aromatic heterocycles. The molecule has 0 bridgehead atoms. The molecule has 8 heteroatoms. The summed E-state index contributed by atoms with van der Waals surface area (Å²) >= 11 is 0. The van der Waals surface area contributed by atoms with E-state index >= 15 is 0 Å². The fourth-order valence-corrected chi connectivity index (χ4v) is 2.17. The molecule has 1 amide bonds. The second-order valence-electron chi connectivity index (χ2n) is 4.49. The number of aromatic amines is 2. The number of carboxylic acid groups (broad SMARTS) is 1. The van der Waals surface area contributed by atoms with E-state index in [9.17, 15) is 19.2 Å². The predicted molar refractivity (Wildman–Crippen MR) is 63.9 cm³/mol. The van der Waals surface area contributed by atoms with Gasteiger partial charge in [-0.3, -0.25) is 19.4 Å². The molecule has 1 saturated heterocycles.